The molecule has 0 saturated heterocycles. The average Bonchev–Trinajstić information content (AvgIpc) is 3.39. The van der Waals surface area contributed by atoms with Gasteiger partial charge in [-0.05, 0) is 66.2 Å². The largest absolute Gasteiger partial charge is 0.497 e. The Bertz CT molecular complexity index is 1650. The highest BCUT2D eigenvalue weighted by Crippen LogP contribution is 2.37. The van der Waals surface area contributed by atoms with Gasteiger partial charge >= 0.3 is 12.2 Å². The van der Waals surface area contributed by atoms with E-state index in [0.717, 1.165) is 5.56 Å². The first-order chi connectivity index (χ1) is 18.6. The third kappa shape index (κ3) is 4.72. The SMILES string of the molecule is COc1ccc(C2N=c3occc3=C(N)N2c2ccc(N(C(N)=O)c3cc(C(F)(F)F)ccc3F)cc2)cc1. The molecule has 1 aliphatic rings. The molecular weight excluding hydrogens is 518 g/mol. The van der Waals surface area contributed by atoms with Crippen molar-refractivity contribution in [2.45, 2.75) is 12.3 Å². The van der Waals surface area contributed by atoms with Gasteiger partial charge < -0.3 is 25.5 Å². The van der Waals surface area contributed by atoms with E-state index >= 15 is 0 Å². The van der Waals surface area contributed by atoms with Crippen LogP contribution in [0.5, 0.6) is 5.75 Å². The maximum atomic E-state index is 14.6. The average molecular weight is 539 g/mol. The molecule has 39 heavy (non-hydrogen) atoms. The number of amides is 2. The number of hydrogen-bond donors (Lipinski definition) is 2. The van der Waals surface area contributed by atoms with Gasteiger partial charge in [0.25, 0.3) is 0 Å². The van der Waals surface area contributed by atoms with Crippen molar-refractivity contribution in [1.82, 2.24) is 0 Å². The molecule has 8 nitrogen and oxygen atoms in total. The summed E-state index contributed by atoms with van der Waals surface area (Å²) in [4.78, 5) is 19.4. The van der Waals surface area contributed by atoms with Crippen molar-refractivity contribution in [3.05, 3.63) is 107 Å². The Kier molecular flexibility index (Phi) is 6.38. The third-order valence-electron chi connectivity index (χ3n) is 6.20. The molecule has 0 aliphatic carbocycles. The smallest absolute Gasteiger partial charge is 0.416 e. The van der Waals surface area contributed by atoms with E-state index in [4.69, 9.17) is 25.6 Å². The molecular formula is C27H21F4N5O3. The highest BCUT2D eigenvalue weighted by Gasteiger charge is 2.33. The quantitative estimate of drug-likeness (QED) is 0.362. The topological polar surface area (TPSA) is 110 Å². The highest BCUT2D eigenvalue weighted by molar-refractivity contribution is 5.98. The van der Waals surface area contributed by atoms with Gasteiger partial charge in [0.2, 0.25) is 5.55 Å². The standard InChI is InChI=1S/C27H21F4N5O3/c1-38-19-9-2-15(3-10-19)24-34-25-20(12-13-39-25)23(32)36(24)18-7-5-17(6-8-18)35(26(33)37)22-14-16(27(29,30)31)4-11-21(22)28/h2-14,24H,32H2,1H3,(H2,33,37). The van der Waals surface area contributed by atoms with E-state index in [1.165, 1.54) is 18.4 Å². The number of nitrogens with zero attached hydrogens (tertiary/aromatic N) is 3. The number of methoxy groups -OCH3 is 1. The van der Waals surface area contributed by atoms with Crippen LogP contribution in [0.2, 0.25) is 0 Å². The van der Waals surface area contributed by atoms with Gasteiger partial charge in [0, 0.05) is 5.69 Å². The third-order valence-corrected chi connectivity index (χ3v) is 6.20. The maximum Gasteiger partial charge on any atom is 0.416 e. The molecule has 1 atom stereocenters. The van der Waals surface area contributed by atoms with E-state index in [1.54, 1.807) is 42.3 Å². The van der Waals surface area contributed by atoms with Gasteiger partial charge in [-0.25, -0.2) is 14.2 Å². The number of carbonyl (C=O) groups is 1. The van der Waals surface area contributed by atoms with Gasteiger partial charge in [0.05, 0.1) is 35.5 Å². The zero-order valence-corrected chi connectivity index (χ0v) is 20.3. The summed E-state index contributed by atoms with van der Waals surface area (Å²) in [5.41, 5.74) is 11.9. The minimum atomic E-state index is -4.75. The zero-order chi connectivity index (χ0) is 27.9. The van der Waals surface area contributed by atoms with Gasteiger partial charge in [-0.3, -0.25) is 4.90 Å². The summed E-state index contributed by atoms with van der Waals surface area (Å²) in [6, 6.07) is 15.4. The van der Waals surface area contributed by atoms with Gasteiger partial charge in [-0.2, -0.15) is 13.2 Å². The van der Waals surface area contributed by atoms with Gasteiger partial charge in [0.1, 0.15) is 17.4 Å². The highest BCUT2D eigenvalue weighted by atomic mass is 19.4. The minimum absolute atomic E-state index is 0.0435. The molecule has 200 valence electrons. The summed E-state index contributed by atoms with van der Waals surface area (Å²) in [6.45, 7) is 0. The number of fused-ring (bicyclic) bond motifs is 1. The van der Waals surface area contributed by atoms with Crippen LogP contribution in [0.3, 0.4) is 0 Å². The zero-order valence-electron chi connectivity index (χ0n) is 20.3. The van der Waals surface area contributed by atoms with Crippen LogP contribution in [0, 0.1) is 5.82 Å². The van der Waals surface area contributed by atoms with E-state index in [-0.39, 0.29) is 5.69 Å². The molecule has 2 heterocycles. The van der Waals surface area contributed by atoms with Crippen LogP contribution < -0.4 is 36.8 Å². The first-order valence-corrected chi connectivity index (χ1v) is 11.5. The molecule has 5 rings (SSSR count). The van der Waals surface area contributed by atoms with Crippen molar-refractivity contribution in [1.29, 1.82) is 0 Å². The number of rotatable bonds is 5. The van der Waals surface area contributed by atoms with Crippen LogP contribution in [0.4, 0.5) is 39.4 Å². The summed E-state index contributed by atoms with van der Waals surface area (Å²) >= 11 is 0. The minimum Gasteiger partial charge on any atom is -0.497 e. The number of nitrogens with two attached hydrogens (primary N) is 2. The first-order valence-electron chi connectivity index (χ1n) is 11.5. The van der Waals surface area contributed by atoms with E-state index in [0.29, 0.717) is 51.1 Å². The van der Waals surface area contributed by atoms with E-state index < -0.39 is 35.4 Å². The van der Waals surface area contributed by atoms with Crippen LogP contribution in [0.15, 0.2) is 88.5 Å². The molecule has 4 aromatic rings. The summed E-state index contributed by atoms with van der Waals surface area (Å²) in [7, 11) is 1.55. The molecule has 12 heteroatoms. The van der Waals surface area contributed by atoms with Crippen LogP contribution >= 0.6 is 0 Å². The fourth-order valence-corrected chi connectivity index (χ4v) is 4.31. The van der Waals surface area contributed by atoms with Crippen molar-refractivity contribution in [2.24, 2.45) is 16.5 Å². The number of ether oxygens (including phenoxy) is 1. The molecule has 0 radical (unpaired) electrons. The lowest BCUT2D eigenvalue weighted by molar-refractivity contribution is -0.137. The number of furan rings is 1. The van der Waals surface area contributed by atoms with E-state index in [9.17, 15) is 22.4 Å². The normalized spacial score (nSPS) is 14.9. The van der Waals surface area contributed by atoms with Crippen LogP contribution in [-0.4, -0.2) is 13.1 Å². The second-order valence-corrected chi connectivity index (χ2v) is 8.52. The summed E-state index contributed by atoms with van der Waals surface area (Å²) in [5.74, 6) is -0.0715. The summed E-state index contributed by atoms with van der Waals surface area (Å²) in [5, 5.41) is 0.564. The lowest BCUT2D eigenvalue weighted by atomic mass is 10.1. The Labute approximate surface area is 219 Å². The van der Waals surface area contributed by atoms with Crippen molar-refractivity contribution in [3.63, 3.8) is 0 Å². The van der Waals surface area contributed by atoms with Gasteiger partial charge in [-0.15, -0.1) is 0 Å². The van der Waals surface area contributed by atoms with Crippen molar-refractivity contribution >= 4 is 28.9 Å². The fourth-order valence-electron chi connectivity index (χ4n) is 4.31. The molecule has 0 saturated carbocycles. The Morgan fingerprint density at radius 3 is 2.36 bits per heavy atom. The van der Waals surface area contributed by atoms with Gasteiger partial charge in [0.15, 0.2) is 6.17 Å². The predicted molar refractivity (Wildman–Crippen MR) is 135 cm³/mol. The van der Waals surface area contributed by atoms with Crippen molar-refractivity contribution in [3.8, 4) is 5.75 Å². The Balaban J connectivity index is 1.57. The summed E-state index contributed by atoms with van der Waals surface area (Å²) < 4.78 is 65.1. The Morgan fingerprint density at radius 2 is 1.74 bits per heavy atom. The lowest BCUT2D eigenvalue weighted by Gasteiger charge is -2.33. The molecule has 2 amide bonds. The molecule has 1 aromatic heterocycles. The number of halogens is 4. The molecule has 3 aromatic carbocycles. The fraction of sp³-hybridized carbons (Fsp3) is 0.111. The Morgan fingerprint density at radius 1 is 1.05 bits per heavy atom. The molecule has 4 N–H and O–H groups in total. The second kappa shape index (κ2) is 9.71. The number of carbonyl (C=O) groups excluding carboxylic acids is 1. The summed E-state index contributed by atoms with van der Waals surface area (Å²) in [6.07, 6.45) is -3.93. The molecule has 1 unspecified atom stereocenters. The van der Waals surface area contributed by atoms with Crippen molar-refractivity contribution < 1.29 is 31.5 Å². The van der Waals surface area contributed by atoms with Crippen LogP contribution in [0.1, 0.15) is 17.3 Å². The Hall–Kier alpha value is -5.00. The van der Waals surface area contributed by atoms with Crippen LogP contribution in [0.25, 0.3) is 5.82 Å². The number of anilines is 3. The van der Waals surface area contributed by atoms with E-state index in [1.807, 2.05) is 12.1 Å². The predicted octanol–water partition coefficient (Wildman–Crippen LogP) is 4.53. The first kappa shape index (κ1) is 25.6. The number of benzene rings is 3. The number of hydrogen-bond acceptors (Lipinski definition) is 6. The second-order valence-electron chi connectivity index (χ2n) is 8.52. The molecule has 0 bridgehead atoms. The molecule has 1 aliphatic heterocycles. The number of alkyl halides is 3. The monoisotopic (exact) mass is 539 g/mol. The lowest BCUT2D eigenvalue weighted by Crippen LogP contribution is -2.43. The van der Waals surface area contributed by atoms with Crippen LogP contribution in [-0.2, 0) is 6.18 Å². The number of urea groups is 1. The van der Waals surface area contributed by atoms with E-state index in [2.05, 4.69) is 0 Å². The molecule has 0 spiro atoms. The maximum absolute atomic E-state index is 14.6. The number of primary amides is 1. The molecule has 0 fully saturated rings. The van der Waals surface area contributed by atoms with Gasteiger partial charge in [-0.1, -0.05) is 12.1 Å². The van der Waals surface area contributed by atoms with Crippen molar-refractivity contribution in [2.75, 3.05) is 16.9 Å².